The van der Waals surface area contributed by atoms with Gasteiger partial charge in [-0.2, -0.15) is 0 Å². The first kappa shape index (κ1) is 14.4. The topological polar surface area (TPSA) is 33.2 Å². The molecule has 1 aliphatic rings. The maximum Gasteiger partial charge on any atom is 0.268 e. The Labute approximate surface area is 143 Å². The maximum absolute atomic E-state index is 12.8. The number of fused-ring (bicyclic) bond motifs is 1. The molecular formula is C18H13ClN2OS. The molecule has 0 saturated carbocycles. The van der Waals surface area contributed by atoms with Gasteiger partial charge in [0.15, 0.2) is 0 Å². The predicted molar refractivity (Wildman–Crippen MR) is 94.4 cm³/mol. The molecule has 5 heteroatoms. The molecule has 0 bridgehead atoms. The van der Waals surface area contributed by atoms with Gasteiger partial charge in [-0.3, -0.25) is 9.78 Å². The van der Waals surface area contributed by atoms with Gasteiger partial charge in [0, 0.05) is 22.6 Å². The number of halogens is 1. The first-order chi connectivity index (χ1) is 11.2. The lowest BCUT2D eigenvalue weighted by Crippen LogP contribution is -2.36. The second kappa shape index (κ2) is 5.80. The van der Waals surface area contributed by atoms with Crippen LogP contribution in [0.2, 0.25) is 5.02 Å². The molecule has 0 saturated heterocycles. The fourth-order valence-electron chi connectivity index (χ4n) is 2.77. The van der Waals surface area contributed by atoms with Crippen LogP contribution in [0.1, 0.15) is 15.2 Å². The summed E-state index contributed by atoms with van der Waals surface area (Å²) < 4.78 is 0. The zero-order valence-corrected chi connectivity index (χ0v) is 13.8. The van der Waals surface area contributed by atoms with Gasteiger partial charge in [-0.25, -0.2) is 0 Å². The largest absolute Gasteiger partial charge is 0.306 e. The summed E-state index contributed by atoms with van der Waals surface area (Å²) >= 11 is 7.49. The van der Waals surface area contributed by atoms with Gasteiger partial charge in [0.2, 0.25) is 0 Å². The molecule has 0 N–H and O–H groups in total. The molecule has 1 amide bonds. The first-order valence-electron chi connectivity index (χ1n) is 7.33. The number of carbonyl (C=O) groups is 1. The van der Waals surface area contributed by atoms with Gasteiger partial charge < -0.3 is 4.90 Å². The van der Waals surface area contributed by atoms with Crippen LogP contribution in [0.4, 0.5) is 5.69 Å². The molecule has 0 spiro atoms. The molecule has 0 aliphatic carbocycles. The van der Waals surface area contributed by atoms with Crippen molar-refractivity contribution in [3.63, 3.8) is 0 Å². The van der Waals surface area contributed by atoms with E-state index in [4.69, 9.17) is 11.6 Å². The highest BCUT2D eigenvalue weighted by Gasteiger charge is 2.28. The van der Waals surface area contributed by atoms with Gasteiger partial charge in [0.05, 0.1) is 16.8 Å². The molecule has 3 aromatic rings. The molecule has 2 aromatic heterocycles. The fourth-order valence-corrected chi connectivity index (χ4v) is 4.06. The van der Waals surface area contributed by atoms with Crippen LogP contribution in [-0.2, 0) is 6.42 Å². The number of rotatable bonds is 2. The number of anilines is 1. The summed E-state index contributed by atoms with van der Waals surface area (Å²) in [5.74, 6) is 0.0597. The average molecular weight is 341 g/mol. The first-order valence-corrected chi connectivity index (χ1v) is 8.52. The van der Waals surface area contributed by atoms with E-state index in [2.05, 4.69) is 11.1 Å². The highest BCUT2D eigenvalue weighted by molar-refractivity contribution is 7.17. The van der Waals surface area contributed by atoms with E-state index in [0.717, 1.165) is 33.0 Å². The van der Waals surface area contributed by atoms with Crippen LogP contribution in [-0.4, -0.2) is 17.4 Å². The number of hydrogen-bond acceptors (Lipinski definition) is 3. The average Bonchev–Trinajstić information content (AvgIpc) is 3.02. The van der Waals surface area contributed by atoms with Gasteiger partial charge >= 0.3 is 0 Å². The van der Waals surface area contributed by atoms with E-state index in [0.29, 0.717) is 11.6 Å². The molecular weight excluding hydrogens is 328 g/mol. The minimum absolute atomic E-state index is 0.0597. The highest BCUT2D eigenvalue weighted by Crippen LogP contribution is 2.36. The van der Waals surface area contributed by atoms with Gasteiger partial charge in [0.25, 0.3) is 5.91 Å². The zero-order valence-electron chi connectivity index (χ0n) is 12.2. The third-order valence-electron chi connectivity index (χ3n) is 3.94. The normalized spacial score (nSPS) is 14.0. The van der Waals surface area contributed by atoms with Crippen LogP contribution < -0.4 is 4.90 Å². The van der Waals surface area contributed by atoms with Crippen LogP contribution in [0, 0.1) is 0 Å². The number of hydrogen-bond donors (Lipinski definition) is 0. The van der Waals surface area contributed by atoms with Gasteiger partial charge in [-0.05, 0) is 47.9 Å². The Kier molecular flexibility index (Phi) is 3.63. The number of benzene rings is 1. The predicted octanol–water partition coefficient (Wildman–Crippen LogP) is 4.67. The van der Waals surface area contributed by atoms with Crippen molar-refractivity contribution in [2.24, 2.45) is 0 Å². The lowest BCUT2D eigenvalue weighted by Gasteiger charge is -2.26. The lowest BCUT2D eigenvalue weighted by molar-refractivity contribution is 0.0985. The van der Waals surface area contributed by atoms with Gasteiger partial charge in [-0.15, -0.1) is 11.3 Å². The molecule has 0 radical (unpaired) electrons. The van der Waals surface area contributed by atoms with Crippen molar-refractivity contribution in [3.8, 4) is 10.4 Å². The summed E-state index contributed by atoms with van der Waals surface area (Å²) in [6.45, 7) is 0.689. The molecule has 4 rings (SSSR count). The second-order valence-corrected chi connectivity index (χ2v) is 6.88. The number of pyridine rings is 1. The van der Waals surface area contributed by atoms with Crippen molar-refractivity contribution in [1.82, 2.24) is 4.98 Å². The van der Waals surface area contributed by atoms with Crippen LogP contribution in [0.5, 0.6) is 0 Å². The van der Waals surface area contributed by atoms with E-state index in [-0.39, 0.29) is 5.91 Å². The highest BCUT2D eigenvalue weighted by atomic mass is 35.5. The number of carbonyl (C=O) groups excluding carboxylic acids is 1. The number of aromatic nitrogens is 1. The van der Waals surface area contributed by atoms with Crippen LogP contribution in [0.25, 0.3) is 10.4 Å². The van der Waals surface area contributed by atoms with E-state index < -0.39 is 0 Å². The Morgan fingerprint density at radius 3 is 2.74 bits per heavy atom. The van der Waals surface area contributed by atoms with Crippen LogP contribution in [0.3, 0.4) is 0 Å². The molecule has 0 atom stereocenters. The monoisotopic (exact) mass is 340 g/mol. The third-order valence-corrected chi connectivity index (χ3v) is 5.41. The summed E-state index contributed by atoms with van der Waals surface area (Å²) in [6, 6.07) is 13.6. The summed E-state index contributed by atoms with van der Waals surface area (Å²) in [7, 11) is 0. The Balaban J connectivity index is 1.69. The zero-order chi connectivity index (χ0) is 15.8. The molecule has 3 nitrogen and oxygen atoms in total. The quantitative estimate of drug-likeness (QED) is 0.679. The molecule has 3 heterocycles. The number of thiophene rings is 1. The van der Waals surface area contributed by atoms with E-state index in [1.807, 2.05) is 36.4 Å². The second-order valence-electron chi connectivity index (χ2n) is 5.39. The van der Waals surface area contributed by atoms with E-state index in [9.17, 15) is 4.79 Å². The van der Waals surface area contributed by atoms with Gasteiger partial charge in [-0.1, -0.05) is 23.7 Å². The van der Waals surface area contributed by atoms with Crippen molar-refractivity contribution in [1.29, 1.82) is 0 Å². The summed E-state index contributed by atoms with van der Waals surface area (Å²) in [4.78, 5) is 20.6. The van der Waals surface area contributed by atoms with Crippen molar-refractivity contribution >= 4 is 34.5 Å². The lowest BCUT2D eigenvalue weighted by atomic mass is 10.1. The fraction of sp³-hybridized carbons (Fsp3) is 0.111. The summed E-state index contributed by atoms with van der Waals surface area (Å²) in [5.41, 5.74) is 3.07. The van der Waals surface area contributed by atoms with Crippen LogP contribution >= 0.6 is 22.9 Å². The van der Waals surface area contributed by atoms with Crippen molar-refractivity contribution in [3.05, 3.63) is 70.3 Å². The summed E-state index contributed by atoms with van der Waals surface area (Å²) in [5, 5.41) is 0.717. The van der Waals surface area contributed by atoms with Gasteiger partial charge in [0.1, 0.15) is 0 Å². The molecule has 1 aromatic carbocycles. The Hall–Kier alpha value is -2.17. The Morgan fingerprint density at radius 2 is 2.00 bits per heavy atom. The molecule has 1 aliphatic heterocycles. The van der Waals surface area contributed by atoms with Crippen molar-refractivity contribution in [2.45, 2.75) is 6.42 Å². The van der Waals surface area contributed by atoms with Crippen molar-refractivity contribution < 1.29 is 4.79 Å². The van der Waals surface area contributed by atoms with E-state index in [1.165, 1.54) is 0 Å². The van der Waals surface area contributed by atoms with Crippen molar-refractivity contribution in [2.75, 3.05) is 11.4 Å². The Morgan fingerprint density at radius 1 is 1.17 bits per heavy atom. The molecule has 0 fully saturated rings. The SMILES string of the molecule is O=C1c2sc(-c3ccc(Cl)cc3)cc2CCN1c1cccnc1. The molecule has 0 unspecified atom stereocenters. The standard InChI is InChI=1S/C18H13ClN2OS/c19-14-5-3-12(4-6-14)16-10-13-7-9-21(18(22)17(13)23-16)15-2-1-8-20-11-15/h1-6,8,10-11H,7,9H2. The maximum atomic E-state index is 12.8. The number of amides is 1. The van der Waals surface area contributed by atoms with Crippen LogP contribution in [0.15, 0.2) is 54.9 Å². The minimum atomic E-state index is 0.0597. The minimum Gasteiger partial charge on any atom is -0.306 e. The van der Waals surface area contributed by atoms with E-state index in [1.54, 1.807) is 28.6 Å². The summed E-state index contributed by atoms with van der Waals surface area (Å²) in [6.07, 6.45) is 4.31. The third kappa shape index (κ3) is 2.64. The molecule has 23 heavy (non-hydrogen) atoms. The number of nitrogens with zero attached hydrogens (tertiary/aromatic N) is 2. The Bertz CT molecular complexity index is 858. The molecule has 114 valence electrons. The van der Waals surface area contributed by atoms with E-state index >= 15 is 0 Å². The smallest absolute Gasteiger partial charge is 0.268 e.